The van der Waals surface area contributed by atoms with Gasteiger partial charge in [-0.25, -0.2) is 0 Å². The highest BCUT2D eigenvalue weighted by molar-refractivity contribution is 5.74. The van der Waals surface area contributed by atoms with Crippen LogP contribution < -0.4 is 0 Å². The highest BCUT2D eigenvalue weighted by Gasteiger charge is 2.34. The quantitative estimate of drug-likeness (QED) is 0.776. The summed E-state index contributed by atoms with van der Waals surface area (Å²) in [6.45, 7) is 1.88. The number of hydrogen-bond donors (Lipinski definition) is 1. The molecule has 3 heteroatoms. The van der Waals surface area contributed by atoms with Crippen LogP contribution in [0.15, 0.2) is 30.3 Å². The summed E-state index contributed by atoms with van der Waals surface area (Å²) >= 11 is 0. The number of carbonyl (C=O) groups is 1. The van der Waals surface area contributed by atoms with Gasteiger partial charge >= 0.3 is 5.97 Å². The Bertz CT molecular complexity index is 361. The van der Waals surface area contributed by atoms with Gasteiger partial charge in [0.25, 0.3) is 0 Å². The smallest absolute Gasteiger partial charge is 0.312 e. The molecule has 3 atom stereocenters. The molecule has 1 aromatic rings. The van der Waals surface area contributed by atoms with Crippen LogP contribution in [-0.2, 0) is 9.53 Å². The van der Waals surface area contributed by atoms with Crippen LogP contribution in [0.4, 0.5) is 0 Å². The van der Waals surface area contributed by atoms with Crippen LogP contribution in [0.3, 0.4) is 0 Å². The minimum atomic E-state index is -0.749. The van der Waals surface area contributed by atoms with Crippen LogP contribution in [0.5, 0.6) is 0 Å². The van der Waals surface area contributed by atoms with E-state index in [0.717, 1.165) is 12.0 Å². The van der Waals surface area contributed by atoms with Crippen molar-refractivity contribution in [1.82, 2.24) is 0 Å². The van der Waals surface area contributed by atoms with E-state index in [9.17, 15) is 9.90 Å². The van der Waals surface area contributed by atoms with Gasteiger partial charge < -0.3 is 9.84 Å². The number of esters is 1. The molecule has 0 amide bonds. The molecule has 0 aromatic heterocycles. The van der Waals surface area contributed by atoms with Gasteiger partial charge in [0.05, 0.1) is 18.1 Å². The van der Waals surface area contributed by atoms with E-state index in [1.807, 2.05) is 37.3 Å². The van der Waals surface area contributed by atoms with Crippen LogP contribution >= 0.6 is 0 Å². The van der Waals surface area contributed by atoms with Crippen molar-refractivity contribution >= 4 is 5.97 Å². The first-order valence-electron chi connectivity index (χ1n) is 5.62. The maximum absolute atomic E-state index is 11.6. The van der Waals surface area contributed by atoms with Gasteiger partial charge in [-0.2, -0.15) is 0 Å². The maximum Gasteiger partial charge on any atom is 0.312 e. The standard InChI is InChI=1S/C13H16O3/c1-9-7-8-11(13(15)16-9)12(14)10-5-3-2-4-6-10/h2-6,9,11-12,14H,7-8H2,1H3. The summed E-state index contributed by atoms with van der Waals surface area (Å²) in [5, 5.41) is 10.1. The number of ether oxygens (including phenoxy) is 1. The van der Waals surface area contributed by atoms with E-state index in [0.29, 0.717) is 6.42 Å². The van der Waals surface area contributed by atoms with E-state index in [1.165, 1.54) is 0 Å². The second kappa shape index (κ2) is 4.66. The zero-order valence-electron chi connectivity index (χ0n) is 9.30. The summed E-state index contributed by atoms with van der Waals surface area (Å²) in [7, 11) is 0. The Morgan fingerprint density at radius 2 is 2.00 bits per heavy atom. The van der Waals surface area contributed by atoms with Crippen molar-refractivity contribution in [3.05, 3.63) is 35.9 Å². The summed E-state index contributed by atoms with van der Waals surface area (Å²) in [6.07, 6.45) is 0.740. The number of cyclic esters (lactones) is 1. The molecule has 1 heterocycles. The fraction of sp³-hybridized carbons (Fsp3) is 0.462. The van der Waals surface area contributed by atoms with Crippen molar-refractivity contribution in [2.75, 3.05) is 0 Å². The third-order valence-corrected chi connectivity index (χ3v) is 3.03. The van der Waals surface area contributed by atoms with E-state index in [2.05, 4.69) is 0 Å². The zero-order valence-corrected chi connectivity index (χ0v) is 9.30. The summed E-state index contributed by atoms with van der Waals surface area (Å²) in [4.78, 5) is 11.6. The maximum atomic E-state index is 11.6. The molecule has 2 rings (SSSR count). The number of aliphatic hydroxyl groups excluding tert-OH is 1. The highest BCUT2D eigenvalue weighted by atomic mass is 16.5. The Morgan fingerprint density at radius 1 is 1.31 bits per heavy atom. The molecule has 3 unspecified atom stereocenters. The number of carbonyl (C=O) groups excluding carboxylic acids is 1. The molecule has 1 fully saturated rings. The lowest BCUT2D eigenvalue weighted by molar-refractivity contribution is -0.164. The molecule has 0 spiro atoms. The van der Waals surface area contributed by atoms with Gasteiger partial charge in [0.2, 0.25) is 0 Å². The number of hydrogen-bond acceptors (Lipinski definition) is 3. The second-order valence-corrected chi connectivity index (χ2v) is 4.29. The Hall–Kier alpha value is -1.35. The topological polar surface area (TPSA) is 46.5 Å². The lowest BCUT2D eigenvalue weighted by Gasteiger charge is -2.29. The van der Waals surface area contributed by atoms with Crippen molar-refractivity contribution < 1.29 is 14.6 Å². The summed E-state index contributed by atoms with van der Waals surface area (Å²) in [6, 6.07) is 9.26. The fourth-order valence-electron chi connectivity index (χ4n) is 2.05. The van der Waals surface area contributed by atoms with E-state index in [1.54, 1.807) is 0 Å². The van der Waals surface area contributed by atoms with Gasteiger partial charge in [-0.15, -0.1) is 0 Å². The molecule has 1 aliphatic rings. The molecule has 86 valence electrons. The van der Waals surface area contributed by atoms with Crippen LogP contribution in [0, 0.1) is 5.92 Å². The fourth-order valence-corrected chi connectivity index (χ4v) is 2.05. The summed E-state index contributed by atoms with van der Waals surface area (Å²) in [5.41, 5.74) is 0.777. The van der Waals surface area contributed by atoms with Gasteiger partial charge in [-0.05, 0) is 25.3 Å². The SMILES string of the molecule is CC1CCC(C(O)c2ccccc2)C(=O)O1. The van der Waals surface area contributed by atoms with E-state index >= 15 is 0 Å². The normalized spacial score (nSPS) is 27.2. The minimum absolute atomic E-state index is 0.0216. The van der Waals surface area contributed by atoms with Crippen LogP contribution in [-0.4, -0.2) is 17.2 Å². The first-order chi connectivity index (χ1) is 7.68. The molecule has 1 N–H and O–H groups in total. The van der Waals surface area contributed by atoms with Gasteiger partial charge in [0.1, 0.15) is 0 Å². The average molecular weight is 220 g/mol. The van der Waals surface area contributed by atoms with Gasteiger partial charge in [0.15, 0.2) is 0 Å². The molecule has 3 nitrogen and oxygen atoms in total. The van der Waals surface area contributed by atoms with Crippen molar-refractivity contribution in [2.45, 2.75) is 32.0 Å². The first kappa shape index (κ1) is 11.1. The Labute approximate surface area is 95.0 Å². The lowest BCUT2D eigenvalue weighted by atomic mass is 9.89. The molecule has 0 radical (unpaired) electrons. The summed E-state index contributed by atoms with van der Waals surface area (Å²) < 4.78 is 5.14. The minimum Gasteiger partial charge on any atom is -0.462 e. The van der Waals surface area contributed by atoms with Crippen molar-refractivity contribution in [1.29, 1.82) is 0 Å². The second-order valence-electron chi connectivity index (χ2n) is 4.29. The van der Waals surface area contributed by atoms with Gasteiger partial charge in [-0.3, -0.25) is 4.79 Å². The third-order valence-electron chi connectivity index (χ3n) is 3.03. The Kier molecular flexibility index (Phi) is 3.25. The van der Waals surface area contributed by atoms with E-state index in [-0.39, 0.29) is 12.1 Å². The molecular weight excluding hydrogens is 204 g/mol. The van der Waals surface area contributed by atoms with Gasteiger partial charge in [0, 0.05) is 0 Å². The largest absolute Gasteiger partial charge is 0.462 e. The van der Waals surface area contributed by atoms with Crippen molar-refractivity contribution in [3.8, 4) is 0 Å². The molecule has 16 heavy (non-hydrogen) atoms. The van der Waals surface area contributed by atoms with E-state index in [4.69, 9.17) is 4.74 Å². The van der Waals surface area contributed by atoms with Crippen LogP contribution in [0.2, 0.25) is 0 Å². The Morgan fingerprint density at radius 3 is 2.62 bits per heavy atom. The number of benzene rings is 1. The molecule has 0 bridgehead atoms. The average Bonchev–Trinajstić information content (AvgIpc) is 2.29. The monoisotopic (exact) mass is 220 g/mol. The third kappa shape index (κ3) is 2.25. The molecule has 1 aliphatic heterocycles. The highest BCUT2D eigenvalue weighted by Crippen LogP contribution is 2.31. The predicted molar refractivity (Wildman–Crippen MR) is 59.7 cm³/mol. The molecule has 1 saturated heterocycles. The summed E-state index contributed by atoms with van der Waals surface area (Å²) in [5.74, 6) is -0.700. The molecular formula is C13H16O3. The van der Waals surface area contributed by atoms with E-state index < -0.39 is 12.0 Å². The van der Waals surface area contributed by atoms with Crippen LogP contribution in [0.1, 0.15) is 31.4 Å². The molecule has 0 saturated carbocycles. The number of aliphatic hydroxyl groups is 1. The molecule has 1 aromatic carbocycles. The van der Waals surface area contributed by atoms with Gasteiger partial charge in [-0.1, -0.05) is 30.3 Å². The number of rotatable bonds is 2. The molecule has 0 aliphatic carbocycles. The zero-order chi connectivity index (χ0) is 11.5. The van der Waals surface area contributed by atoms with Crippen molar-refractivity contribution in [2.24, 2.45) is 5.92 Å². The lowest BCUT2D eigenvalue weighted by Crippen LogP contribution is -2.33. The Balaban J connectivity index is 2.10. The first-order valence-corrected chi connectivity index (χ1v) is 5.62. The van der Waals surface area contributed by atoms with Crippen molar-refractivity contribution in [3.63, 3.8) is 0 Å². The van der Waals surface area contributed by atoms with Crippen LogP contribution in [0.25, 0.3) is 0 Å². The predicted octanol–water partition coefficient (Wildman–Crippen LogP) is 2.06.